The quantitative estimate of drug-likeness (QED) is 0.787. The first-order valence-electron chi connectivity index (χ1n) is 7.11. The summed E-state index contributed by atoms with van der Waals surface area (Å²) in [4.78, 5) is 23.9. The number of likely N-dealkylation sites (tertiary alicyclic amines) is 1. The number of sulfone groups is 1. The topological polar surface area (TPSA) is 104 Å². The molecule has 1 heterocycles. The third-order valence-corrected chi connectivity index (χ3v) is 5.14. The second-order valence-electron chi connectivity index (χ2n) is 5.32. The third kappa shape index (κ3) is 3.88. The highest BCUT2D eigenvalue weighted by atomic mass is 32.2. The zero-order valence-corrected chi connectivity index (χ0v) is 13.3. The van der Waals surface area contributed by atoms with Gasteiger partial charge in [0.15, 0.2) is 0 Å². The first-order chi connectivity index (χ1) is 11.2. The van der Waals surface area contributed by atoms with Crippen LogP contribution in [-0.2, 0) is 19.4 Å². The van der Waals surface area contributed by atoms with Crippen molar-refractivity contribution >= 4 is 27.4 Å². The highest BCUT2D eigenvalue weighted by molar-refractivity contribution is 7.91. The first kappa shape index (κ1) is 18.3. The monoisotopic (exact) mass is 362 g/mol. The van der Waals surface area contributed by atoms with Gasteiger partial charge in [0.2, 0.25) is 15.7 Å². The van der Waals surface area contributed by atoms with E-state index in [4.69, 9.17) is 5.11 Å². The van der Waals surface area contributed by atoms with Gasteiger partial charge in [0.25, 0.3) is 0 Å². The van der Waals surface area contributed by atoms with Gasteiger partial charge in [0.05, 0.1) is 17.1 Å². The lowest BCUT2D eigenvalue weighted by molar-refractivity contribution is -0.142. The van der Waals surface area contributed by atoms with Crippen LogP contribution in [0, 0.1) is 0 Å². The van der Waals surface area contributed by atoms with E-state index >= 15 is 0 Å². The van der Waals surface area contributed by atoms with Crippen LogP contribution in [0.5, 0.6) is 0 Å². The van der Waals surface area contributed by atoms with E-state index in [0.717, 1.165) is 6.07 Å². The van der Waals surface area contributed by atoms with Gasteiger partial charge in [-0.2, -0.15) is 8.78 Å². The minimum atomic E-state index is -4.86. The Balaban J connectivity index is 2.14. The molecule has 1 aliphatic heterocycles. The fraction of sp³-hybridized carbons (Fsp3) is 0.429. The Kier molecular flexibility index (Phi) is 5.50. The van der Waals surface area contributed by atoms with E-state index in [1.807, 2.05) is 0 Å². The van der Waals surface area contributed by atoms with Crippen molar-refractivity contribution in [2.45, 2.75) is 29.5 Å². The minimum absolute atomic E-state index is 0.256. The van der Waals surface area contributed by atoms with Crippen LogP contribution in [-0.4, -0.2) is 55.2 Å². The molecule has 24 heavy (non-hydrogen) atoms. The number of nitrogens with zero attached hydrogens (tertiary/aromatic N) is 1. The molecular weight excluding hydrogens is 346 g/mol. The van der Waals surface area contributed by atoms with Crippen LogP contribution in [0.3, 0.4) is 0 Å². The molecule has 0 bridgehead atoms. The fourth-order valence-corrected chi connectivity index (χ4v) is 3.47. The van der Waals surface area contributed by atoms with E-state index in [9.17, 15) is 26.8 Å². The molecule has 0 aromatic heterocycles. The molecule has 132 valence electrons. The number of hydrogen-bond acceptors (Lipinski definition) is 5. The summed E-state index contributed by atoms with van der Waals surface area (Å²) >= 11 is 0. The van der Waals surface area contributed by atoms with Gasteiger partial charge in [-0.1, -0.05) is 12.1 Å². The predicted molar refractivity (Wildman–Crippen MR) is 80.5 cm³/mol. The van der Waals surface area contributed by atoms with Gasteiger partial charge in [0.1, 0.15) is 6.04 Å². The van der Waals surface area contributed by atoms with Crippen molar-refractivity contribution in [3.05, 3.63) is 24.3 Å². The van der Waals surface area contributed by atoms with Gasteiger partial charge in [-0.25, -0.2) is 8.42 Å². The van der Waals surface area contributed by atoms with E-state index in [2.05, 4.69) is 5.32 Å². The largest absolute Gasteiger partial charge is 0.480 e. The average molecular weight is 362 g/mol. The molecule has 1 aliphatic rings. The third-order valence-electron chi connectivity index (χ3n) is 3.70. The van der Waals surface area contributed by atoms with Gasteiger partial charge in [-0.05, 0) is 31.5 Å². The van der Waals surface area contributed by atoms with Crippen molar-refractivity contribution < 1.29 is 31.9 Å². The molecule has 1 aromatic rings. The number of hydrogen-bond donors (Lipinski definition) is 2. The number of benzene rings is 1. The standard InChI is InChI=1S/C14H16F2N2O5S/c15-14(16)24(22,23)11-6-2-1-4-9(11)17-12(19)8-18-7-3-5-10(18)13(20)21/h1-2,4,6,10,14H,3,5,7-8H2,(H,17,19)(H,20,21). The number of amides is 1. The molecule has 1 fully saturated rings. The van der Waals surface area contributed by atoms with Crippen molar-refractivity contribution in [3.8, 4) is 0 Å². The summed E-state index contributed by atoms with van der Waals surface area (Å²) in [6, 6.07) is 4.07. The minimum Gasteiger partial charge on any atom is -0.480 e. The lowest BCUT2D eigenvalue weighted by Crippen LogP contribution is -2.41. The van der Waals surface area contributed by atoms with Gasteiger partial charge >= 0.3 is 11.7 Å². The van der Waals surface area contributed by atoms with Gasteiger partial charge in [-0.3, -0.25) is 14.5 Å². The summed E-state index contributed by atoms with van der Waals surface area (Å²) in [7, 11) is -4.86. The SMILES string of the molecule is O=C(CN1CCCC1C(=O)O)Nc1ccccc1S(=O)(=O)C(F)F. The number of nitrogens with one attached hydrogen (secondary N) is 1. The van der Waals surface area contributed by atoms with Crippen LogP contribution >= 0.6 is 0 Å². The van der Waals surface area contributed by atoms with Crippen molar-refractivity contribution in [1.29, 1.82) is 0 Å². The average Bonchev–Trinajstić information content (AvgIpc) is 2.95. The number of carboxylic acids is 1. The number of halogens is 2. The molecule has 1 unspecified atom stereocenters. The molecule has 1 amide bonds. The molecule has 0 radical (unpaired) electrons. The van der Waals surface area contributed by atoms with E-state index in [1.165, 1.54) is 23.1 Å². The van der Waals surface area contributed by atoms with E-state index in [0.29, 0.717) is 19.4 Å². The van der Waals surface area contributed by atoms with Crippen LogP contribution in [0.15, 0.2) is 29.2 Å². The van der Waals surface area contributed by atoms with Crippen molar-refractivity contribution in [3.63, 3.8) is 0 Å². The molecular formula is C14H16F2N2O5S. The summed E-state index contributed by atoms with van der Waals surface area (Å²) in [6.45, 7) is 0.154. The van der Waals surface area contributed by atoms with E-state index < -0.39 is 38.4 Å². The Morgan fingerprint density at radius 2 is 2.00 bits per heavy atom. The van der Waals surface area contributed by atoms with Crippen molar-refractivity contribution in [2.75, 3.05) is 18.4 Å². The second kappa shape index (κ2) is 7.22. The number of rotatable bonds is 6. The number of carboxylic acid groups (broad SMARTS) is 1. The number of alkyl halides is 2. The Morgan fingerprint density at radius 3 is 2.62 bits per heavy atom. The number of carbonyl (C=O) groups is 2. The Hall–Kier alpha value is -2.07. The van der Waals surface area contributed by atoms with Crippen LogP contribution in [0.25, 0.3) is 0 Å². The first-order valence-corrected chi connectivity index (χ1v) is 8.66. The molecule has 1 aromatic carbocycles. The Labute approximate surface area is 137 Å². The maximum atomic E-state index is 12.7. The van der Waals surface area contributed by atoms with Gasteiger partial charge in [0, 0.05) is 0 Å². The molecule has 0 saturated carbocycles. The number of aliphatic carboxylic acids is 1. The predicted octanol–water partition coefficient (Wildman–Crippen LogP) is 1.17. The maximum absolute atomic E-state index is 12.7. The molecule has 2 N–H and O–H groups in total. The highest BCUT2D eigenvalue weighted by Crippen LogP contribution is 2.26. The Bertz CT molecular complexity index is 738. The summed E-state index contributed by atoms with van der Waals surface area (Å²) < 4.78 is 48.7. The summed E-state index contributed by atoms with van der Waals surface area (Å²) in [5.74, 6) is -5.31. The van der Waals surface area contributed by atoms with Crippen molar-refractivity contribution in [2.24, 2.45) is 0 Å². The molecule has 7 nitrogen and oxygen atoms in total. The normalized spacial score (nSPS) is 18.7. The highest BCUT2D eigenvalue weighted by Gasteiger charge is 2.33. The fourth-order valence-electron chi connectivity index (χ4n) is 2.58. The zero-order chi connectivity index (χ0) is 17.9. The molecule has 1 atom stereocenters. The molecule has 0 spiro atoms. The summed E-state index contributed by atoms with van der Waals surface area (Å²) in [6.07, 6.45) is 1.04. The van der Waals surface area contributed by atoms with Gasteiger partial charge in [-0.15, -0.1) is 0 Å². The van der Waals surface area contributed by atoms with Crippen LogP contribution in [0.1, 0.15) is 12.8 Å². The maximum Gasteiger partial charge on any atom is 0.341 e. The molecule has 10 heteroatoms. The smallest absolute Gasteiger partial charge is 0.341 e. The number of para-hydroxylation sites is 1. The zero-order valence-electron chi connectivity index (χ0n) is 12.5. The number of anilines is 1. The lowest BCUT2D eigenvalue weighted by atomic mass is 10.2. The molecule has 1 saturated heterocycles. The van der Waals surface area contributed by atoms with Gasteiger partial charge < -0.3 is 10.4 Å². The Morgan fingerprint density at radius 1 is 1.33 bits per heavy atom. The van der Waals surface area contributed by atoms with Crippen LogP contribution < -0.4 is 5.32 Å². The molecule has 0 aliphatic carbocycles. The lowest BCUT2D eigenvalue weighted by Gasteiger charge is -2.20. The number of carbonyl (C=O) groups excluding carboxylic acids is 1. The van der Waals surface area contributed by atoms with Crippen molar-refractivity contribution in [1.82, 2.24) is 4.90 Å². The van der Waals surface area contributed by atoms with E-state index in [-0.39, 0.29) is 12.2 Å². The van der Waals surface area contributed by atoms with E-state index in [1.54, 1.807) is 0 Å². The second-order valence-corrected chi connectivity index (χ2v) is 7.20. The van der Waals surface area contributed by atoms with Crippen LogP contribution in [0.2, 0.25) is 0 Å². The van der Waals surface area contributed by atoms with Crippen LogP contribution in [0.4, 0.5) is 14.5 Å². The molecule has 2 rings (SSSR count). The summed E-state index contributed by atoms with van der Waals surface area (Å²) in [5, 5.41) is 11.3. The summed E-state index contributed by atoms with van der Waals surface area (Å²) in [5.41, 5.74) is -0.256.